The van der Waals surface area contributed by atoms with E-state index in [1.165, 1.54) is 31.2 Å². The van der Waals surface area contributed by atoms with Crippen LogP contribution in [0.25, 0.3) is 6.08 Å². The number of halogens is 1. The zero-order valence-electron chi connectivity index (χ0n) is 15.5. The van der Waals surface area contributed by atoms with Crippen molar-refractivity contribution in [3.05, 3.63) is 34.4 Å². The standard InChI is InChI=1S/C21H31IO/c1-20(2,3)17-12-15(11-14-7-9-16(22)10-8-14)13-18(19(17)23)21(4,5)6/h11-13,16,23H,7-10H2,1-6H3. The van der Waals surface area contributed by atoms with E-state index in [0.29, 0.717) is 5.75 Å². The van der Waals surface area contributed by atoms with Gasteiger partial charge >= 0.3 is 0 Å². The number of hydrogen-bond acceptors (Lipinski definition) is 1. The van der Waals surface area contributed by atoms with Crippen molar-refractivity contribution in [3.63, 3.8) is 0 Å². The Balaban J connectivity index is 2.50. The minimum Gasteiger partial charge on any atom is -0.507 e. The third-order valence-electron chi connectivity index (χ3n) is 4.68. The lowest BCUT2D eigenvalue weighted by Crippen LogP contribution is -2.17. The van der Waals surface area contributed by atoms with E-state index in [-0.39, 0.29) is 10.8 Å². The Morgan fingerprint density at radius 2 is 1.39 bits per heavy atom. The van der Waals surface area contributed by atoms with Crippen molar-refractivity contribution >= 4 is 28.7 Å². The molecule has 1 aromatic carbocycles. The number of aromatic hydroxyl groups is 1. The van der Waals surface area contributed by atoms with Crippen molar-refractivity contribution in [3.8, 4) is 5.75 Å². The lowest BCUT2D eigenvalue weighted by molar-refractivity contribution is 0.423. The maximum absolute atomic E-state index is 10.8. The van der Waals surface area contributed by atoms with Gasteiger partial charge < -0.3 is 5.11 Å². The van der Waals surface area contributed by atoms with Crippen LogP contribution in [-0.2, 0) is 10.8 Å². The van der Waals surface area contributed by atoms with Crippen molar-refractivity contribution in [1.82, 2.24) is 0 Å². The largest absolute Gasteiger partial charge is 0.507 e. The molecular weight excluding hydrogens is 395 g/mol. The van der Waals surface area contributed by atoms with Crippen molar-refractivity contribution in [1.29, 1.82) is 0 Å². The number of alkyl halides is 1. The molecule has 0 saturated heterocycles. The van der Waals surface area contributed by atoms with Crippen molar-refractivity contribution in [2.24, 2.45) is 0 Å². The van der Waals surface area contributed by atoms with Crippen LogP contribution in [0.2, 0.25) is 0 Å². The summed E-state index contributed by atoms with van der Waals surface area (Å²) in [6.45, 7) is 13.0. The topological polar surface area (TPSA) is 20.2 Å². The Kier molecular flexibility index (Phi) is 5.55. The molecule has 0 spiro atoms. The molecule has 0 unspecified atom stereocenters. The fraction of sp³-hybridized carbons (Fsp3) is 0.619. The van der Waals surface area contributed by atoms with E-state index in [1.54, 1.807) is 5.57 Å². The molecule has 0 atom stereocenters. The fourth-order valence-electron chi connectivity index (χ4n) is 3.22. The number of phenols is 1. The van der Waals surface area contributed by atoms with E-state index in [1.807, 2.05) is 0 Å². The molecule has 0 aliphatic heterocycles. The van der Waals surface area contributed by atoms with Crippen molar-refractivity contribution in [2.45, 2.75) is 82.0 Å². The molecule has 0 radical (unpaired) electrons. The molecular formula is C21H31IO. The summed E-state index contributed by atoms with van der Waals surface area (Å²) < 4.78 is 0.833. The normalized spacial score (nSPS) is 19.8. The Morgan fingerprint density at radius 1 is 0.957 bits per heavy atom. The first-order chi connectivity index (χ1) is 10.5. The van der Waals surface area contributed by atoms with Gasteiger partial charge in [-0.2, -0.15) is 0 Å². The number of hydrogen-bond donors (Lipinski definition) is 1. The summed E-state index contributed by atoms with van der Waals surface area (Å²) in [6.07, 6.45) is 7.38. The first-order valence-corrected chi connectivity index (χ1v) is 9.94. The quantitative estimate of drug-likeness (QED) is 0.389. The summed E-state index contributed by atoms with van der Waals surface area (Å²) in [5.74, 6) is 0.475. The zero-order chi connectivity index (χ0) is 17.4. The lowest BCUT2D eigenvalue weighted by atomic mass is 9.78. The molecule has 0 bridgehead atoms. The van der Waals surface area contributed by atoms with Crippen LogP contribution in [0.5, 0.6) is 5.75 Å². The SMILES string of the molecule is CC(C)(C)c1cc(C=C2CCC(I)CC2)cc(C(C)(C)C)c1O. The second-order valence-corrected chi connectivity index (χ2v) is 10.7. The van der Waals surface area contributed by atoms with Crippen LogP contribution in [-0.4, -0.2) is 9.03 Å². The molecule has 1 aliphatic rings. The number of rotatable bonds is 1. The average molecular weight is 426 g/mol. The summed E-state index contributed by atoms with van der Waals surface area (Å²) in [7, 11) is 0. The molecule has 0 heterocycles. The number of allylic oxidation sites excluding steroid dienone is 1. The van der Waals surface area contributed by atoms with Crippen LogP contribution >= 0.6 is 22.6 Å². The van der Waals surface area contributed by atoms with Gasteiger partial charge in [-0.1, -0.05) is 75.8 Å². The summed E-state index contributed by atoms with van der Waals surface area (Å²) >= 11 is 2.57. The maximum Gasteiger partial charge on any atom is 0.123 e. The second-order valence-electron chi connectivity index (χ2n) is 8.94. The predicted molar refractivity (Wildman–Crippen MR) is 110 cm³/mol. The molecule has 1 aromatic rings. The molecule has 0 amide bonds. The first kappa shape index (κ1) is 18.8. The summed E-state index contributed by atoms with van der Waals surface area (Å²) in [5.41, 5.74) is 4.80. The number of benzene rings is 1. The first-order valence-electron chi connectivity index (χ1n) is 8.70. The average Bonchev–Trinajstić information content (AvgIpc) is 2.40. The highest BCUT2D eigenvalue weighted by atomic mass is 127. The van der Waals surface area contributed by atoms with Crippen LogP contribution in [0, 0.1) is 0 Å². The van der Waals surface area contributed by atoms with Crippen LogP contribution in [0.15, 0.2) is 17.7 Å². The van der Waals surface area contributed by atoms with E-state index in [4.69, 9.17) is 0 Å². The van der Waals surface area contributed by atoms with Gasteiger partial charge in [-0.3, -0.25) is 0 Å². The molecule has 23 heavy (non-hydrogen) atoms. The minimum absolute atomic E-state index is 0.0571. The van der Waals surface area contributed by atoms with E-state index in [0.717, 1.165) is 15.1 Å². The van der Waals surface area contributed by atoms with E-state index in [9.17, 15) is 5.11 Å². The van der Waals surface area contributed by atoms with E-state index >= 15 is 0 Å². The van der Waals surface area contributed by atoms with Gasteiger partial charge in [0.2, 0.25) is 0 Å². The second kappa shape index (κ2) is 6.78. The van der Waals surface area contributed by atoms with Gasteiger partial charge in [0.25, 0.3) is 0 Å². The van der Waals surface area contributed by atoms with Gasteiger partial charge in [-0.05, 0) is 54.2 Å². The molecule has 1 N–H and O–H groups in total. The molecule has 0 aromatic heterocycles. The van der Waals surface area contributed by atoms with Crippen LogP contribution in [0.4, 0.5) is 0 Å². The summed E-state index contributed by atoms with van der Waals surface area (Å²) in [6, 6.07) is 4.38. The maximum atomic E-state index is 10.8. The lowest BCUT2D eigenvalue weighted by Gasteiger charge is -2.28. The Labute approximate surface area is 155 Å². The molecule has 2 heteroatoms. The minimum atomic E-state index is -0.0571. The van der Waals surface area contributed by atoms with Crippen LogP contribution < -0.4 is 0 Å². The van der Waals surface area contributed by atoms with Gasteiger partial charge in [0.15, 0.2) is 0 Å². The Bertz CT molecular complexity index is 554. The van der Waals surface area contributed by atoms with E-state index < -0.39 is 0 Å². The molecule has 2 rings (SSSR count). The monoisotopic (exact) mass is 426 g/mol. The Morgan fingerprint density at radius 3 is 1.78 bits per heavy atom. The van der Waals surface area contributed by atoms with Gasteiger partial charge in [-0.25, -0.2) is 0 Å². The highest BCUT2D eigenvalue weighted by Crippen LogP contribution is 2.40. The zero-order valence-corrected chi connectivity index (χ0v) is 17.6. The smallest absolute Gasteiger partial charge is 0.123 e. The molecule has 128 valence electrons. The Hall–Kier alpha value is -0.510. The van der Waals surface area contributed by atoms with Crippen LogP contribution in [0.3, 0.4) is 0 Å². The predicted octanol–water partition coefficient (Wildman–Crippen LogP) is 6.75. The van der Waals surface area contributed by atoms with Crippen molar-refractivity contribution < 1.29 is 5.11 Å². The third kappa shape index (κ3) is 4.74. The molecule has 1 saturated carbocycles. The van der Waals surface area contributed by atoms with E-state index in [2.05, 4.69) is 82.3 Å². The molecule has 1 fully saturated rings. The molecule has 1 aliphatic carbocycles. The van der Waals surface area contributed by atoms with Gasteiger partial charge in [0, 0.05) is 15.1 Å². The number of phenolic OH excluding ortho intramolecular Hbond substituents is 1. The summed E-state index contributed by atoms with van der Waals surface area (Å²) in [4.78, 5) is 0. The highest BCUT2D eigenvalue weighted by Gasteiger charge is 2.26. The van der Waals surface area contributed by atoms with Gasteiger partial charge in [0.05, 0.1) is 0 Å². The fourth-order valence-corrected chi connectivity index (χ4v) is 3.84. The van der Waals surface area contributed by atoms with Gasteiger partial charge in [-0.15, -0.1) is 0 Å². The third-order valence-corrected chi connectivity index (χ3v) is 5.92. The highest BCUT2D eigenvalue weighted by molar-refractivity contribution is 14.1. The van der Waals surface area contributed by atoms with Gasteiger partial charge in [0.1, 0.15) is 5.75 Å². The van der Waals surface area contributed by atoms with Crippen LogP contribution in [0.1, 0.15) is 83.9 Å². The van der Waals surface area contributed by atoms with Crippen molar-refractivity contribution in [2.75, 3.05) is 0 Å². The molecule has 1 nitrogen and oxygen atoms in total. The summed E-state index contributed by atoms with van der Waals surface area (Å²) in [5, 5.41) is 10.8.